The summed E-state index contributed by atoms with van der Waals surface area (Å²) in [5.74, 6) is -1.79. The smallest absolute Gasteiger partial charge is 0.284 e. The minimum absolute atomic E-state index is 0.285. The summed E-state index contributed by atoms with van der Waals surface area (Å²) >= 11 is 1.12. The second kappa shape index (κ2) is 4.04. The van der Waals surface area contributed by atoms with Gasteiger partial charge in [-0.15, -0.1) is 11.8 Å². The van der Waals surface area contributed by atoms with E-state index in [9.17, 15) is 18.0 Å². The monoisotopic (exact) mass is 220 g/mol. The highest BCUT2D eigenvalue weighted by Crippen LogP contribution is 2.27. The maximum absolute atomic E-state index is 12.1. The number of Topliss-reactive ketones (excluding diaryl/α,β-unsaturated/α-hetero) is 1. The molecular formula is C9H7F3OS. The number of hydrogen-bond acceptors (Lipinski definition) is 2. The van der Waals surface area contributed by atoms with Crippen molar-refractivity contribution in [1.82, 2.24) is 0 Å². The van der Waals surface area contributed by atoms with Crippen LogP contribution in [0.15, 0.2) is 29.2 Å². The molecule has 0 bridgehead atoms. The summed E-state index contributed by atoms with van der Waals surface area (Å²) in [5.41, 5.74) is -0.285. The lowest BCUT2D eigenvalue weighted by Crippen LogP contribution is -2.23. The zero-order chi connectivity index (χ0) is 10.8. The molecule has 0 N–H and O–H groups in total. The van der Waals surface area contributed by atoms with E-state index in [4.69, 9.17) is 0 Å². The van der Waals surface area contributed by atoms with Gasteiger partial charge in [-0.1, -0.05) is 12.1 Å². The van der Waals surface area contributed by atoms with Crippen LogP contribution < -0.4 is 0 Å². The fourth-order valence-corrected chi connectivity index (χ4v) is 1.58. The summed E-state index contributed by atoms with van der Waals surface area (Å²) < 4.78 is 36.3. The molecule has 0 amide bonds. The van der Waals surface area contributed by atoms with Crippen LogP contribution in [0.25, 0.3) is 0 Å². The van der Waals surface area contributed by atoms with Crippen molar-refractivity contribution >= 4 is 17.5 Å². The third kappa shape index (κ3) is 2.29. The second-order valence-corrected chi connectivity index (χ2v) is 3.38. The predicted molar refractivity (Wildman–Crippen MR) is 48.6 cm³/mol. The quantitative estimate of drug-likeness (QED) is 0.562. The van der Waals surface area contributed by atoms with Crippen molar-refractivity contribution in [1.29, 1.82) is 0 Å². The number of hydrogen-bond donors (Lipinski definition) is 0. The van der Waals surface area contributed by atoms with E-state index in [0.717, 1.165) is 11.8 Å². The first-order valence-electron chi connectivity index (χ1n) is 3.71. The normalized spacial score (nSPS) is 11.4. The Labute approximate surface area is 83.3 Å². The van der Waals surface area contributed by atoms with Crippen LogP contribution in [0.3, 0.4) is 0 Å². The molecule has 5 heteroatoms. The van der Waals surface area contributed by atoms with E-state index in [1.807, 2.05) is 0 Å². The Kier molecular flexibility index (Phi) is 3.21. The number of ketones is 1. The minimum atomic E-state index is -4.80. The average Bonchev–Trinajstić information content (AvgIpc) is 2.15. The molecule has 1 aromatic carbocycles. The molecule has 14 heavy (non-hydrogen) atoms. The van der Waals surface area contributed by atoms with Gasteiger partial charge < -0.3 is 0 Å². The van der Waals surface area contributed by atoms with Crippen molar-refractivity contribution in [2.45, 2.75) is 11.1 Å². The highest BCUT2D eigenvalue weighted by atomic mass is 32.2. The molecule has 0 fully saturated rings. The van der Waals surface area contributed by atoms with E-state index >= 15 is 0 Å². The van der Waals surface area contributed by atoms with Crippen molar-refractivity contribution in [3.63, 3.8) is 0 Å². The number of rotatable bonds is 2. The molecule has 76 valence electrons. The molecule has 0 aliphatic carbocycles. The van der Waals surface area contributed by atoms with Gasteiger partial charge in [-0.25, -0.2) is 0 Å². The summed E-state index contributed by atoms with van der Waals surface area (Å²) in [5, 5.41) is 0. The Morgan fingerprint density at radius 2 is 1.86 bits per heavy atom. The first-order valence-corrected chi connectivity index (χ1v) is 4.94. The van der Waals surface area contributed by atoms with Crippen molar-refractivity contribution in [2.24, 2.45) is 0 Å². The number of alkyl halides is 3. The Bertz CT molecular complexity index is 346. The molecule has 0 heterocycles. The van der Waals surface area contributed by atoms with Crippen molar-refractivity contribution in [3.05, 3.63) is 29.8 Å². The van der Waals surface area contributed by atoms with Gasteiger partial charge in [0.1, 0.15) is 0 Å². The van der Waals surface area contributed by atoms with Gasteiger partial charge in [0.2, 0.25) is 0 Å². The van der Waals surface area contributed by atoms with Gasteiger partial charge >= 0.3 is 6.18 Å². The third-order valence-corrected chi connectivity index (χ3v) is 2.40. The average molecular weight is 220 g/mol. The number of thioether (sulfide) groups is 1. The molecule has 0 saturated heterocycles. The molecule has 0 radical (unpaired) electrons. The van der Waals surface area contributed by atoms with Crippen LogP contribution in [0.5, 0.6) is 0 Å². The van der Waals surface area contributed by atoms with Crippen LogP contribution in [0.1, 0.15) is 10.4 Å². The lowest BCUT2D eigenvalue weighted by atomic mass is 10.1. The number of carbonyl (C=O) groups excluding carboxylic acids is 1. The van der Waals surface area contributed by atoms with E-state index in [0.29, 0.717) is 4.90 Å². The summed E-state index contributed by atoms with van der Waals surface area (Å²) in [7, 11) is 0. The van der Waals surface area contributed by atoms with Gasteiger partial charge in [0.05, 0.1) is 0 Å². The second-order valence-electron chi connectivity index (χ2n) is 2.53. The zero-order valence-corrected chi connectivity index (χ0v) is 8.08. The predicted octanol–water partition coefficient (Wildman–Crippen LogP) is 3.15. The summed E-state index contributed by atoms with van der Waals surface area (Å²) in [6, 6.07) is 5.68. The highest BCUT2D eigenvalue weighted by molar-refractivity contribution is 7.98. The van der Waals surface area contributed by atoms with Gasteiger partial charge in [-0.2, -0.15) is 13.2 Å². The van der Waals surface area contributed by atoms with Crippen LogP contribution in [0, 0.1) is 0 Å². The Balaban J connectivity index is 3.13. The molecule has 0 atom stereocenters. The van der Waals surface area contributed by atoms with Gasteiger partial charge in [0.25, 0.3) is 5.78 Å². The summed E-state index contributed by atoms with van der Waals surface area (Å²) in [6.45, 7) is 0. The van der Waals surface area contributed by atoms with E-state index in [1.165, 1.54) is 18.2 Å². The van der Waals surface area contributed by atoms with E-state index < -0.39 is 12.0 Å². The highest BCUT2D eigenvalue weighted by Gasteiger charge is 2.40. The van der Waals surface area contributed by atoms with Crippen molar-refractivity contribution < 1.29 is 18.0 Å². The van der Waals surface area contributed by atoms with Crippen LogP contribution in [0.4, 0.5) is 13.2 Å². The molecule has 0 aliphatic heterocycles. The number of carbonyl (C=O) groups is 1. The fourth-order valence-electron chi connectivity index (χ4n) is 0.985. The molecule has 0 aliphatic rings. The minimum Gasteiger partial charge on any atom is -0.284 e. The maximum Gasteiger partial charge on any atom is 0.454 e. The SMILES string of the molecule is CSc1ccccc1C(=O)C(F)(F)F. The Hall–Kier alpha value is -0.970. The molecule has 0 aromatic heterocycles. The van der Waals surface area contributed by atoms with Gasteiger partial charge in [-0.3, -0.25) is 4.79 Å². The van der Waals surface area contributed by atoms with Crippen LogP contribution in [-0.4, -0.2) is 18.2 Å². The van der Waals surface area contributed by atoms with Crippen LogP contribution in [-0.2, 0) is 0 Å². The first kappa shape index (κ1) is 11.1. The summed E-state index contributed by atoms with van der Waals surface area (Å²) in [4.78, 5) is 11.3. The van der Waals surface area contributed by atoms with E-state index in [-0.39, 0.29) is 5.56 Å². The molecule has 1 aromatic rings. The lowest BCUT2D eigenvalue weighted by Gasteiger charge is -2.08. The number of halogens is 3. The van der Waals surface area contributed by atoms with Crippen molar-refractivity contribution in [3.8, 4) is 0 Å². The number of benzene rings is 1. The lowest BCUT2D eigenvalue weighted by molar-refractivity contribution is -0.0887. The fraction of sp³-hybridized carbons (Fsp3) is 0.222. The molecule has 0 unspecified atom stereocenters. The molecule has 1 rings (SSSR count). The third-order valence-electron chi connectivity index (χ3n) is 1.61. The largest absolute Gasteiger partial charge is 0.454 e. The van der Waals surface area contributed by atoms with Gasteiger partial charge in [0, 0.05) is 10.5 Å². The molecule has 0 saturated carbocycles. The van der Waals surface area contributed by atoms with E-state index in [2.05, 4.69) is 0 Å². The maximum atomic E-state index is 12.1. The molecule has 1 nitrogen and oxygen atoms in total. The molecular weight excluding hydrogens is 213 g/mol. The van der Waals surface area contributed by atoms with E-state index in [1.54, 1.807) is 12.3 Å². The van der Waals surface area contributed by atoms with Gasteiger partial charge in [0.15, 0.2) is 0 Å². The Morgan fingerprint density at radius 3 is 2.36 bits per heavy atom. The van der Waals surface area contributed by atoms with Crippen molar-refractivity contribution in [2.75, 3.05) is 6.26 Å². The summed E-state index contributed by atoms with van der Waals surface area (Å²) in [6.07, 6.45) is -3.17. The zero-order valence-electron chi connectivity index (χ0n) is 7.26. The van der Waals surface area contributed by atoms with Crippen LogP contribution in [0.2, 0.25) is 0 Å². The topological polar surface area (TPSA) is 17.1 Å². The first-order chi connectivity index (χ1) is 6.46. The molecule has 0 spiro atoms. The van der Waals surface area contributed by atoms with Crippen LogP contribution >= 0.6 is 11.8 Å². The van der Waals surface area contributed by atoms with Gasteiger partial charge in [-0.05, 0) is 18.4 Å². The standard InChI is InChI=1S/C9H7F3OS/c1-14-7-5-3-2-4-6(7)8(13)9(10,11)12/h2-5H,1H3. The Morgan fingerprint density at radius 1 is 1.29 bits per heavy atom.